The summed E-state index contributed by atoms with van der Waals surface area (Å²) in [4.78, 5) is 27.0. The average molecular weight is 419 g/mol. The van der Waals surface area contributed by atoms with Gasteiger partial charge in [-0.25, -0.2) is 0 Å². The van der Waals surface area contributed by atoms with E-state index in [-0.39, 0.29) is 22.2 Å². The zero-order valence-corrected chi connectivity index (χ0v) is 15.9. The molecule has 1 aromatic carbocycles. The van der Waals surface area contributed by atoms with E-state index < -0.39 is 23.5 Å². The van der Waals surface area contributed by atoms with E-state index in [0.717, 1.165) is 0 Å². The number of benzene rings is 1. The third kappa shape index (κ3) is 2.89. The number of aliphatic hydroxyl groups is 1. The van der Waals surface area contributed by atoms with Crippen LogP contribution in [0, 0.1) is 6.92 Å². The number of Topliss-reactive ketones (excluding diaryl/α,β-unsaturated/α-hetero) is 1. The molecule has 0 saturated heterocycles. The van der Waals surface area contributed by atoms with Crippen LogP contribution in [0.1, 0.15) is 27.9 Å². The van der Waals surface area contributed by atoms with Gasteiger partial charge in [0.15, 0.2) is 17.3 Å². The second-order valence-corrected chi connectivity index (χ2v) is 6.93. The van der Waals surface area contributed by atoms with Crippen molar-refractivity contribution in [1.82, 2.24) is 5.16 Å². The Kier molecular flexibility index (Phi) is 4.49. The number of carbonyl (C=O) groups excluding carboxylic acids is 2. The minimum absolute atomic E-state index is 0.0161. The van der Waals surface area contributed by atoms with E-state index in [1.807, 2.05) is 0 Å². The predicted octanol–water partition coefficient (Wildman–Crippen LogP) is 4.67. The van der Waals surface area contributed by atoms with Crippen molar-refractivity contribution in [2.45, 2.75) is 13.0 Å². The first-order chi connectivity index (χ1) is 13.4. The Bertz CT molecular complexity index is 1120. The summed E-state index contributed by atoms with van der Waals surface area (Å²) in [5.74, 6) is -1.53. The van der Waals surface area contributed by atoms with Crippen molar-refractivity contribution in [3.63, 3.8) is 0 Å². The number of amides is 1. The van der Waals surface area contributed by atoms with E-state index >= 15 is 0 Å². The molecule has 0 aliphatic carbocycles. The maximum Gasteiger partial charge on any atom is 0.295 e. The van der Waals surface area contributed by atoms with Gasteiger partial charge in [-0.1, -0.05) is 34.4 Å². The molecule has 1 N–H and O–H groups in total. The van der Waals surface area contributed by atoms with Gasteiger partial charge in [0, 0.05) is 6.07 Å². The Morgan fingerprint density at radius 2 is 2.00 bits per heavy atom. The number of hydrogen-bond donors (Lipinski definition) is 1. The molecule has 1 aliphatic heterocycles. The molecule has 3 heterocycles. The molecule has 4 rings (SSSR count). The van der Waals surface area contributed by atoms with E-state index in [9.17, 15) is 14.7 Å². The van der Waals surface area contributed by atoms with Crippen molar-refractivity contribution in [3.05, 3.63) is 81.1 Å². The third-order valence-corrected chi connectivity index (χ3v) is 5.06. The van der Waals surface area contributed by atoms with Gasteiger partial charge in [0.05, 0.1) is 27.9 Å². The standard InChI is InChI=1S/C19H12Cl2N2O5/c1-9-7-14(22-28-9)23-16(10-4-5-11(20)12(21)8-10)15(18(25)19(23)26)17(24)13-3-2-6-27-13/h2-8,16,25H,1H3/t16-/m1/s1. The van der Waals surface area contributed by atoms with Crippen LogP contribution in [0.25, 0.3) is 0 Å². The van der Waals surface area contributed by atoms with Gasteiger partial charge in [-0.2, -0.15) is 0 Å². The van der Waals surface area contributed by atoms with Crippen molar-refractivity contribution < 1.29 is 23.6 Å². The SMILES string of the molecule is Cc1cc(N2C(=O)C(O)=C(C(=O)c3ccco3)[C@H]2c2ccc(Cl)c(Cl)c2)no1. The molecule has 7 nitrogen and oxygen atoms in total. The second-order valence-electron chi connectivity index (χ2n) is 6.12. The fourth-order valence-corrected chi connectivity index (χ4v) is 3.39. The van der Waals surface area contributed by atoms with Gasteiger partial charge in [-0.15, -0.1) is 0 Å². The zero-order chi connectivity index (χ0) is 20.0. The minimum Gasteiger partial charge on any atom is -0.503 e. The first-order valence-electron chi connectivity index (χ1n) is 8.11. The molecule has 0 fully saturated rings. The van der Waals surface area contributed by atoms with Crippen molar-refractivity contribution in [1.29, 1.82) is 0 Å². The fraction of sp³-hybridized carbons (Fsp3) is 0.105. The van der Waals surface area contributed by atoms with Crippen molar-refractivity contribution >= 4 is 40.7 Å². The molecule has 1 atom stereocenters. The fourth-order valence-electron chi connectivity index (χ4n) is 3.08. The molecule has 9 heteroatoms. The highest BCUT2D eigenvalue weighted by molar-refractivity contribution is 6.42. The normalized spacial score (nSPS) is 16.9. The Labute approximate surface area is 168 Å². The van der Waals surface area contributed by atoms with Gasteiger partial charge >= 0.3 is 0 Å². The van der Waals surface area contributed by atoms with Crippen molar-refractivity contribution in [2.24, 2.45) is 0 Å². The van der Waals surface area contributed by atoms with Crippen LogP contribution in [0.15, 0.2) is 62.9 Å². The van der Waals surface area contributed by atoms with Crippen LogP contribution >= 0.6 is 23.2 Å². The molecule has 0 saturated carbocycles. The number of anilines is 1. The minimum atomic E-state index is -0.996. The lowest BCUT2D eigenvalue weighted by atomic mass is 9.95. The van der Waals surface area contributed by atoms with Crippen molar-refractivity contribution in [2.75, 3.05) is 4.90 Å². The number of aliphatic hydroxyl groups excluding tert-OH is 1. The van der Waals surface area contributed by atoms with Gasteiger partial charge in [-0.05, 0) is 36.8 Å². The number of furan rings is 1. The van der Waals surface area contributed by atoms with Crippen LogP contribution in [-0.4, -0.2) is 22.0 Å². The molecule has 1 aliphatic rings. The van der Waals surface area contributed by atoms with Gasteiger partial charge in [-0.3, -0.25) is 14.5 Å². The van der Waals surface area contributed by atoms with Crippen LogP contribution in [-0.2, 0) is 4.79 Å². The molecule has 0 bridgehead atoms. The monoisotopic (exact) mass is 418 g/mol. The van der Waals surface area contributed by atoms with Gasteiger partial charge in [0.2, 0.25) is 5.78 Å². The number of nitrogens with zero attached hydrogens (tertiary/aromatic N) is 2. The number of rotatable bonds is 4. The highest BCUT2D eigenvalue weighted by atomic mass is 35.5. The quantitative estimate of drug-likeness (QED) is 0.618. The largest absolute Gasteiger partial charge is 0.503 e. The van der Waals surface area contributed by atoms with E-state index in [1.54, 1.807) is 19.1 Å². The lowest BCUT2D eigenvalue weighted by Crippen LogP contribution is -2.31. The summed E-state index contributed by atoms with van der Waals surface area (Å²) < 4.78 is 10.2. The van der Waals surface area contributed by atoms with Gasteiger partial charge in [0.25, 0.3) is 5.91 Å². The highest BCUT2D eigenvalue weighted by Crippen LogP contribution is 2.42. The first-order valence-corrected chi connectivity index (χ1v) is 8.87. The van der Waals surface area contributed by atoms with E-state index in [0.29, 0.717) is 16.3 Å². The summed E-state index contributed by atoms with van der Waals surface area (Å²) in [5.41, 5.74) is 0.307. The maximum atomic E-state index is 13.0. The molecule has 142 valence electrons. The summed E-state index contributed by atoms with van der Waals surface area (Å²) in [5, 5.41) is 14.9. The third-order valence-electron chi connectivity index (χ3n) is 4.32. The predicted molar refractivity (Wildman–Crippen MR) is 101 cm³/mol. The maximum absolute atomic E-state index is 13.0. The summed E-state index contributed by atoms with van der Waals surface area (Å²) >= 11 is 12.1. The molecule has 0 radical (unpaired) electrons. The summed E-state index contributed by atoms with van der Waals surface area (Å²) in [6.45, 7) is 1.66. The molecule has 0 spiro atoms. The molecular formula is C19H12Cl2N2O5. The van der Waals surface area contributed by atoms with Crippen LogP contribution in [0.4, 0.5) is 5.82 Å². The average Bonchev–Trinajstić information content (AvgIpc) is 3.39. The van der Waals surface area contributed by atoms with E-state index in [4.69, 9.17) is 32.1 Å². The van der Waals surface area contributed by atoms with Crippen LogP contribution < -0.4 is 4.90 Å². The number of aryl methyl sites for hydroxylation is 1. The first kappa shape index (κ1) is 18.3. The Balaban J connectivity index is 1.90. The zero-order valence-electron chi connectivity index (χ0n) is 14.3. The molecular weight excluding hydrogens is 407 g/mol. The molecule has 3 aromatic rings. The Morgan fingerprint density at radius 3 is 2.61 bits per heavy atom. The lowest BCUT2D eigenvalue weighted by molar-refractivity contribution is -0.117. The summed E-state index contributed by atoms with van der Waals surface area (Å²) in [7, 11) is 0. The van der Waals surface area contributed by atoms with Crippen molar-refractivity contribution in [3.8, 4) is 0 Å². The number of aromatic nitrogens is 1. The summed E-state index contributed by atoms with van der Waals surface area (Å²) in [6, 6.07) is 8.19. The lowest BCUT2D eigenvalue weighted by Gasteiger charge is -2.24. The van der Waals surface area contributed by atoms with Crippen LogP contribution in [0.2, 0.25) is 10.0 Å². The number of ketones is 1. The molecule has 28 heavy (non-hydrogen) atoms. The molecule has 0 unspecified atom stereocenters. The number of hydrogen-bond acceptors (Lipinski definition) is 6. The van der Waals surface area contributed by atoms with Gasteiger partial charge in [0.1, 0.15) is 5.76 Å². The molecule has 2 aromatic heterocycles. The smallest absolute Gasteiger partial charge is 0.295 e. The van der Waals surface area contributed by atoms with E-state index in [1.165, 1.54) is 35.4 Å². The van der Waals surface area contributed by atoms with Crippen LogP contribution in [0.5, 0.6) is 0 Å². The van der Waals surface area contributed by atoms with Gasteiger partial charge < -0.3 is 14.0 Å². The Morgan fingerprint density at radius 1 is 1.21 bits per heavy atom. The highest BCUT2D eigenvalue weighted by Gasteiger charge is 2.46. The topological polar surface area (TPSA) is 96.8 Å². The second kappa shape index (κ2) is 6.85. The Hall–Kier alpha value is -3.03. The summed E-state index contributed by atoms with van der Waals surface area (Å²) in [6.07, 6.45) is 1.33. The number of carbonyl (C=O) groups is 2. The number of halogens is 2. The molecule has 1 amide bonds. The van der Waals surface area contributed by atoms with Crippen LogP contribution in [0.3, 0.4) is 0 Å². The van der Waals surface area contributed by atoms with E-state index in [2.05, 4.69) is 5.16 Å².